The van der Waals surface area contributed by atoms with Gasteiger partial charge in [0.15, 0.2) is 5.82 Å². The number of carbonyl (C=O) groups excluding carboxylic acids is 1. The molecule has 1 atom stereocenters. The first-order valence-electron chi connectivity index (χ1n) is 7.16. The smallest absolute Gasteiger partial charge is 0.225 e. The van der Waals surface area contributed by atoms with Gasteiger partial charge in [-0.15, -0.1) is 17.5 Å². The maximum atomic E-state index is 12.1. The Hall–Kier alpha value is -1.64. The number of nitrogens with zero attached hydrogens (tertiary/aromatic N) is 4. The summed E-state index contributed by atoms with van der Waals surface area (Å²) in [5.74, 6) is 2.79. The van der Waals surface area contributed by atoms with Crippen LogP contribution in [0.25, 0.3) is 11.4 Å². The minimum Gasteiger partial charge on any atom is -0.326 e. The van der Waals surface area contributed by atoms with E-state index in [1.165, 1.54) is 0 Å². The second-order valence-corrected chi connectivity index (χ2v) is 6.33. The van der Waals surface area contributed by atoms with Crippen molar-refractivity contribution in [1.29, 1.82) is 0 Å². The summed E-state index contributed by atoms with van der Waals surface area (Å²) in [6.07, 6.45) is 0.489. The molecular formula is C14H19ClN6OS. The molecule has 1 unspecified atom stereocenters. The number of aryl methyl sites for hydroxylation is 1. The lowest BCUT2D eigenvalue weighted by molar-refractivity contribution is -0.116. The van der Waals surface area contributed by atoms with E-state index in [0.717, 1.165) is 29.3 Å². The number of amides is 1. The average Bonchev–Trinajstić information content (AvgIpc) is 2.94. The number of hydrogen-bond acceptors (Lipinski definition) is 6. The fraction of sp³-hybridized carbons (Fsp3) is 0.429. The lowest BCUT2D eigenvalue weighted by atomic mass is 10.1. The van der Waals surface area contributed by atoms with Crippen LogP contribution in [0.15, 0.2) is 24.3 Å². The molecule has 1 saturated heterocycles. The minimum absolute atomic E-state index is 0. The van der Waals surface area contributed by atoms with Crippen molar-refractivity contribution in [1.82, 2.24) is 25.5 Å². The number of thioether (sulfide) groups is 1. The lowest BCUT2D eigenvalue weighted by Gasteiger charge is -2.22. The van der Waals surface area contributed by atoms with Crippen LogP contribution in [0.5, 0.6) is 0 Å². The van der Waals surface area contributed by atoms with Gasteiger partial charge in [-0.25, -0.2) is 4.68 Å². The summed E-state index contributed by atoms with van der Waals surface area (Å²) in [6.45, 7) is 0.970. The monoisotopic (exact) mass is 354 g/mol. The molecule has 9 heteroatoms. The number of halogens is 1. The highest BCUT2D eigenvalue weighted by Gasteiger charge is 2.17. The molecule has 124 valence electrons. The van der Waals surface area contributed by atoms with E-state index in [9.17, 15) is 4.79 Å². The van der Waals surface area contributed by atoms with Crippen molar-refractivity contribution in [2.75, 3.05) is 23.4 Å². The molecule has 2 aromatic rings. The van der Waals surface area contributed by atoms with Gasteiger partial charge in [-0.05, 0) is 22.6 Å². The molecule has 0 saturated carbocycles. The van der Waals surface area contributed by atoms with Crippen LogP contribution in [0.3, 0.4) is 0 Å². The summed E-state index contributed by atoms with van der Waals surface area (Å²) < 4.78 is 1.60. The molecule has 3 rings (SSSR count). The molecule has 1 amide bonds. The van der Waals surface area contributed by atoms with Crippen LogP contribution in [0.4, 0.5) is 5.69 Å². The normalized spacial score (nSPS) is 17.3. The highest BCUT2D eigenvalue weighted by Crippen LogP contribution is 2.20. The molecule has 7 nitrogen and oxygen atoms in total. The Bertz CT molecular complexity index is 658. The Morgan fingerprint density at radius 2 is 2.39 bits per heavy atom. The minimum atomic E-state index is 0. The molecule has 1 fully saturated rings. The number of aromatic nitrogens is 4. The Labute approximate surface area is 145 Å². The lowest BCUT2D eigenvalue weighted by Crippen LogP contribution is -2.39. The molecule has 2 heterocycles. The molecule has 0 bridgehead atoms. The van der Waals surface area contributed by atoms with Crippen LogP contribution >= 0.6 is 24.2 Å². The van der Waals surface area contributed by atoms with Gasteiger partial charge in [-0.2, -0.15) is 11.8 Å². The van der Waals surface area contributed by atoms with Crippen LogP contribution in [0.1, 0.15) is 6.42 Å². The second kappa shape index (κ2) is 8.28. The van der Waals surface area contributed by atoms with E-state index in [1.807, 2.05) is 36.0 Å². The Balaban J connectivity index is 0.00000192. The van der Waals surface area contributed by atoms with Crippen molar-refractivity contribution >= 4 is 35.8 Å². The first kappa shape index (κ1) is 17.7. The van der Waals surface area contributed by atoms with Gasteiger partial charge in [0.05, 0.1) is 0 Å². The van der Waals surface area contributed by atoms with Gasteiger partial charge in [0.25, 0.3) is 0 Å². The largest absolute Gasteiger partial charge is 0.326 e. The zero-order valence-corrected chi connectivity index (χ0v) is 14.4. The molecule has 23 heavy (non-hydrogen) atoms. The zero-order chi connectivity index (χ0) is 15.4. The highest BCUT2D eigenvalue weighted by atomic mass is 35.5. The van der Waals surface area contributed by atoms with Crippen molar-refractivity contribution in [2.24, 2.45) is 7.05 Å². The van der Waals surface area contributed by atoms with Gasteiger partial charge in [-0.1, -0.05) is 12.1 Å². The zero-order valence-electron chi connectivity index (χ0n) is 12.7. The Morgan fingerprint density at radius 1 is 1.52 bits per heavy atom. The molecule has 1 aliphatic rings. The van der Waals surface area contributed by atoms with Crippen LogP contribution in [-0.4, -0.2) is 50.2 Å². The van der Waals surface area contributed by atoms with Gasteiger partial charge in [-0.3, -0.25) is 4.79 Å². The summed E-state index contributed by atoms with van der Waals surface area (Å²) in [5, 5.41) is 17.7. The Morgan fingerprint density at radius 3 is 3.09 bits per heavy atom. The third kappa shape index (κ3) is 4.66. The molecule has 1 aromatic heterocycles. The molecule has 1 aromatic carbocycles. The quantitative estimate of drug-likeness (QED) is 0.861. The summed E-state index contributed by atoms with van der Waals surface area (Å²) in [4.78, 5) is 12.1. The summed E-state index contributed by atoms with van der Waals surface area (Å²) in [7, 11) is 1.78. The van der Waals surface area contributed by atoms with E-state index in [-0.39, 0.29) is 24.4 Å². The van der Waals surface area contributed by atoms with Gasteiger partial charge >= 0.3 is 0 Å². The maximum absolute atomic E-state index is 12.1. The predicted molar refractivity (Wildman–Crippen MR) is 93.8 cm³/mol. The molecular weight excluding hydrogens is 336 g/mol. The fourth-order valence-electron chi connectivity index (χ4n) is 2.40. The molecule has 1 aliphatic heterocycles. The van der Waals surface area contributed by atoms with Gasteiger partial charge < -0.3 is 10.6 Å². The van der Waals surface area contributed by atoms with Gasteiger partial charge in [0.1, 0.15) is 0 Å². The van der Waals surface area contributed by atoms with E-state index in [1.54, 1.807) is 11.7 Å². The van der Waals surface area contributed by atoms with E-state index in [4.69, 9.17) is 0 Å². The number of hydrogen-bond donors (Lipinski definition) is 2. The van der Waals surface area contributed by atoms with E-state index in [0.29, 0.717) is 12.2 Å². The SMILES string of the molecule is Cl.Cn1nnnc1-c1cccc(NC(=O)CC2CSCCN2)c1. The summed E-state index contributed by atoms with van der Waals surface area (Å²) in [5.41, 5.74) is 1.63. The molecule has 0 radical (unpaired) electrons. The number of carbonyl (C=O) groups is 1. The van der Waals surface area contributed by atoms with Crippen molar-refractivity contribution in [3.05, 3.63) is 24.3 Å². The number of rotatable bonds is 4. The molecule has 0 spiro atoms. The third-order valence-electron chi connectivity index (χ3n) is 3.45. The first-order valence-corrected chi connectivity index (χ1v) is 8.31. The first-order chi connectivity index (χ1) is 10.7. The number of benzene rings is 1. The van der Waals surface area contributed by atoms with Crippen molar-refractivity contribution in [2.45, 2.75) is 12.5 Å². The molecule has 2 N–H and O–H groups in total. The highest BCUT2D eigenvalue weighted by molar-refractivity contribution is 7.99. The van der Waals surface area contributed by atoms with Crippen LogP contribution in [0.2, 0.25) is 0 Å². The predicted octanol–water partition coefficient (Wildman–Crippen LogP) is 1.33. The standard InChI is InChI=1S/C14H18N6OS.ClH/c1-20-14(17-18-19-20)10-3-2-4-11(7-10)16-13(21)8-12-9-22-6-5-15-12;/h2-4,7,12,15H,5-6,8-9H2,1H3,(H,16,21);1H. The molecule has 0 aliphatic carbocycles. The average molecular weight is 355 g/mol. The van der Waals surface area contributed by atoms with E-state index >= 15 is 0 Å². The number of anilines is 1. The van der Waals surface area contributed by atoms with Crippen molar-refractivity contribution in [3.63, 3.8) is 0 Å². The van der Waals surface area contributed by atoms with Gasteiger partial charge in [0, 0.05) is 48.8 Å². The van der Waals surface area contributed by atoms with Crippen molar-refractivity contribution < 1.29 is 4.79 Å². The van der Waals surface area contributed by atoms with Crippen LogP contribution in [0, 0.1) is 0 Å². The van der Waals surface area contributed by atoms with E-state index in [2.05, 4.69) is 26.2 Å². The summed E-state index contributed by atoms with van der Waals surface area (Å²) in [6, 6.07) is 7.81. The second-order valence-electron chi connectivity index (χ2n) is 5.19. The third-order valence-corrected chi connectivity index (χ3v) is 4.59. The number of nitrogens with one attached hydrogen (secondary N) is 2. The van der Waals surface area contributed by atoms with Crippen LogP contribution < -0.4 is 10.6 Å². The summed E-state index contributed by atoms with van der Waals surface area (Å²) >= 11 is 1.89. The maximum Gasteiger partial charge on any atom is 0.225 e. The van der Waals surface area contributed by atoms with Crippen molar-refractivity contribution in [3.8, 4) is 11.4 Å². The topological polar surface area (TPSA) is 84.7 Å². The van der Waals surface area contributed by atoms with E-state index < -0.39 is 0 Å². The Kier molecular flexibility index (Phi) is 6.37. The van der Waals surface area contributed by atoms with Gasteiger partial charge in [0.2, 0.25) is 5.91 Å². The van der Waals surface area contributed by atoms with Crippen LogP contribution in [-0.2, 0) is 11.8 Å². The number of tetrazole rings is 1. The fourth-order valence-corrected chi connectivity index (χ4v) is 3.35.